The number of ether oxygens (including phenoxy) is 2. The van der Waals surface area contributed by atoms with E-state index in [1.165, 1.54) is 0 Å². The Morgan fingerprint density at radius 1 is 1.23 bits per heavy atom. The van der Waals surface area contributed by atoms with E-state index in [9.17, 15) is 4.79 Å². The van der Waals surface area contributed by atoms with Crippen molar-refractivity contribution in [3.05, 3.63) is 70.4 Å². The maximum Gasteiger partial charge on any atom is 0.254 e. The Bertz CT molecular complexity index is 884. The van der Waals surface area contributed by atoms with Crippen molar-refractivity contribution in [1.29, 1.82) is 0 Å². The number of hydrogen-bond donors (Lipinski definition) is 0. The third-order valence-electron chi connectivity index (χ3n) is 4.12. The third-order valence-corrected chi connectivity index (χ3v) is 4.76. The molecule has 132 valence electrons. The molecule has 1 aromatic carbocycles. The molecule has 1 aliphatic heterocycles. The summed E-state index contributed by atoms with van der Waals surface area (Å²) in [7, 11) is 0. The van der Waals surface area contributed by atoms with Crippen molar-refractivity contribution < 1.29 is 14.3 Å². The second kappa shape index (κ2) is 7.53. The molecule has 6 nitrogen and oxygen atoms in total. The number of benzene rings is 1. The standard InChI is InChI=1S/C19H17N3O3S/c23-19(15-3-4-17-18(8-15)25-13-24-17)22(7-5-16-11-26-12-21-16)10-14-2-1-6-20-9-14/h1-4,6,8-9,11-12H,5,7,10,13H2. The molecule has 26 heavy (non-hydrogen) atoms. The molecule has 1 aliphatic rings. The fraction of sp³-hybridized carbons (Fsp3) is 0.211. The van der Waals surface area contributed by atoms with Crippen LogP contribution in [0.25, 0.3) is 0 Å². The van der Waals surface area contributed by atoms with Gasteiger partial charge < -0.3 is 14.4 Å². The molecule has 0 saturated heterocycles. The highest BCUT2D eigenvalue weighted by atomic mass is 32.1. The Morgan fingerprint density at radius 3 is 2.96 bits per heavy atom. The minimum Gasteiger partial charge on any atom is -0.454 e. The van der Waals surface area contributed by atoms with Gasteiger partial charge in [0.1, 0.15) is 0 Å². The predicted octanol–water partition coefficient (Wildman–Crippen LogP) is 3.15. The highest BCUT2D eigenvalue weighted by molar-refractivity contribution is 7.07. The van der Waals surface area contributed by atoms with Crippen molar-refractivity contribution in [2.45, 2.75) is 13.0 Å². The molecule has 0 aliphatic carbocycles. The molecule has 2 aromatic heterocycles. The number of fused-ring (bicyclic) bond motifs is 1. The average Bonchev–Trinajstić information content (AvgIpc) is 3.36. The first kappa shape index (κ1) is 16.5. The van der Waals surface area contributed by atoms with Crippen LogP contribution < -0.4 is 9.47 Å². The molecular formula is C19H17N3O3S. The van der Waals surface area contributed by atoms with Crippen LogP contribution in [0.3, 0.4) is 0 Å². The summed E-state index contributed by atoms with van der Waals surface area (Å²) in [4.78, 5) is 23.4. The highest BCUT2D eigenvalue weighted by Gasteiger charge is 2.21. The average molecular weight is 367 g/mol. The molecule has 1 amide bonds. The van der Waals surface area contributed by atoms with Gasteiger partial charge in [0, 0.05) is 42.8 Å². The van der Waals surface area contributed by atoms with Crippen LogP contribution in [-0.2, 0) is 13.0 Å². The van der Waals surface area contributed by atoms with E-state index in [1.807, 2.05) is 22.4 Å². The van der Waals surface area contributed by atoms with Crippen molar-refractivity contribution >= 4 is 17.2 Å². The van der Waals surface area contributed by atoms with E-state index in [0.29, 0.717) is 36.6 Å². The van der Waals surface area contributed by atoms with E-state index in [2.05, 4.69) is 9.97 Å². The number of thiazole rings is 1. The molecule has 0 atom stereocenters. The van der Waals surface area contributed by atoms with Crippen LogP contribution in [0.5, 0.6) is 11.5 Å². The quantitative estimate of drug-likeness (QED) is 0.670. The van der Waals surface area contributed by atoms with Crippen molar-refractivity contribution in [3.63, 3.8) is 0 Å². The second-order valence-electron chi connectivity index (χ2n) is 5.89. The Hall–Kier alpha value is -2.93. The Labute approximate surface area is 155 Å². The van der Waals surface area contributed by atoms with Gasteiger partial charge in [0.05, 0.1) is 11.2 Å². The summed E-state index contributed by atoms with van der Waals surface area (Å²) < 4.78 is 10.7. The number of hydrogen-bond acceptors (Lipinski definition) is 6. The van der Waals surface area contributed by atoms with Crippen molar-refractivity contribution in [3.8, 4) is 11.5 Å². The van der Waals surface area contributed by atoms with Crippen molar-refractivity contribution in [2.24, 2.45) is 0 Å². The van der Waals surface area contributed by atoms with E-state index in [-0.39, 0.29) is 12.7 Å². The highest BCUT2D eigenvalue weighted by Crippen LogP contribution is 2.33. The summed E-state index contributed by atoms with van der Waals surface area (Å²) >= 11 is 1.56. The molecule has 7 heteroatoms. The van der Waals surface area contributed by atoms with Crippen molar-refractivity contribution in [2.75, 3.05) is 13.3 Å². The SMILES string of the molecule is O=C(c1ccc2c(c1)OCO2)N(CCc1cscn1)Cc1cccnc1. The summed E-state index contributed by atoms with van der Waals surface area (Å²) in [5.74, 6) is 1.22. The maximum atomic E-state index is 13.1. The minimum atomic E-state index is -0.0533. The van der Waals surface area contributed by atoms with E-state index in [0.717, 1.165) is 11.3 Å². The van der Waals surface area contributed by atoms with Crippen molar-refractivity contribution in [1.82, 2.24) is 14.9 Å². The number of carbonyl (C=O) groups is 1. The smallest absolute Gasteiger partial charge is 0.254 e. The van der Waals surface area contributed by atoms with Crippen LogP contribution in [0.2, 0.25) is 0 Å². The lowest BCUT2D eigenvalue weighted by Crippen LogP contribution is -2.32. The van der Waals surface area contributed by atoms with Gasteiger partial charge in [-0.2, -0.15) is 0 Å². The zero-order chi connectivity index (χ0) is 17.8. The predicted molar refractivity (Wildman–Crippen MR) is 97.4 cm³/mol. The summed E-state index contributed by atoms with van der Waals surface area (Å²) in [6, 6.07) is 9.13. The number of rotatable bonds is 6. The summed E-state index contributed by atoms with van der Waals surface area (Å²) in [6.45, 7) is 1.26. The van der Waals surface area contributed by atoms with Crippen LogP contribution in [0, 0.1) is 0 Å². The first-order chi connectivity index (χ1) is 12.8. The van der Waals surface area contributed by atoms with Gasteiger partial charge in [0.15, 0.2) is 11.5 Å². The van der Waals surface area contributed by atoms with Gasteiger partial charge in [-0.1, -0.05) is 6.07 Å². The molecule has 3 heterocycles. The molecule has 0 bridgehead atoms. The van der Waals surface area contributed by atoms with Gasteiger partial charge in [0.25, 0.3) is 5.91 Å². The zero-order valence-electron chi connectivity index (χ0n) is 14.0. The van der Waals surface area contributed by atoms with E-state index in [4.69, 9.17) is 9.47 Å². The molecule has 0 radical (unpaired) electrons. The molecule has 3 aromatic rings. The van der Waals surface area contributed by atoms with Gasteiger partial charge in [-0.05, 0) is 29.8 Å². The molecule has 0 spiro atoms. The van der Waals surface area contributed by atoms with Gasteiger partial charge in [0.2, 0.25) is 6.79 Å². The van der Waals surface area contributed by atoms with Crippen LogP contribution in [0.15, 0.2) is 53.6 Å². The first-order valence-corrected chi connectivity index (χ1v) is 9.19. The Morgan fingerprint density at radius 2 is 2.15 bits per heavy atom. The van der Waals surface area contributed by atoms with Crippen LogP contribution in [0.1, 0.15) is 21.6 Å². The van der Waals surface area contributed by atoms with E-state index in [1.54, 1.807) is 47.4 Å². The normalized spacial score (nSPS) is 12.2. The molecule has 0 saturated carbocycles. The lowest BCUT2D eigenvalue weighted by molar-refractivity contribution is 0.0744. The largest absolute Gasteiger partial charge is 0.454 e. The lowest BCUT2D eigenvalue weighted by Gasteiger charge is -2.22. The molecule has 0 fully saturated rings. The molecule has 4 rings (SSSR count). The summed E-state index contributed by atoms with van der Waals surface area (Å²) in [5.41, 5.74) is 4.36. The van der Waals surface area contributed by atoms with Gasteiger partial charge >= 0.3 is 0 Å². The van der Waals surface area contributed by atoms with E-state index >= 15 is 0 Å². The van der Waals surface area contributed by atoms with E-state index < -0.39 is 0 Å². The van der Waals surface area contributed by atoms with Crippen LogP contribution in [-0.4, -0.2) is 34.1 Å². The molecule has 0 unspecified atom stereocenters. The number of amides is 1. The Balaban J connectivity index is 1.55. The van der Waals surface area contributed by atoms with Crippen LogP contribution >= 0.6 is 11.3 Å². The zero-order valence-corrected chi connectivity index (χ0v) is 14.8. The third kappa shape index (κ3) is 3.67. The number of aromatic nitrogens is 2. The fourth-order valence-corrected chi connectivity index (χ4v) is 3.38. The molecular weight excluding hydrogens is 350 g/mol. The number of nitrogens with zero attached hydrogens (tertiary/aromatic N) is 3. The summed E-state index contributed by atoms with van der Waals surface area (Å²) in [5, 5.41) is 2.01. The Kier molecular flexibility index (Phi) is 4.79. The van der Waals surface area contributed by atoms with Gasteiger partial charge in [-0.15, -0.1) is 11.3 Å². The monoisotopic (exact) mass is 367 g/mol. The summed E-state index contributed by atoms with van der Waals surface area (Å²) in [6.07, 6.45) is 4.21. The van der Waals surface area contributed by atoms with Gasteiger partial charge in [-0.3, -0.25) is 9.78 Å². The molecule has 0 N–H and O–H groups in total. The number of pyridine rings is 1. The fourth-order valence-electron chi connectivity index (χ4n) is 2.79. The topological polar surface area (TPSA) is 64.6 Å². The first-order valence-electron chi connectivity index (χ1n) is 8.24. The maximum absolute atomic E-state index is 13.1. The minimum absolute atomic E-state index is 0.0533. The second-order valence-corrected chi connectivity index (χ2v) is 6.60. The van der Waals surface area contributed by atoms with Gasteiger partial charge in [-0.25, -0.2) is 4.98 Å². The van der Waals surface area contributed by atoms with Crippen LogP contribution in [0.4, 0.5) is 0 Å². The lowest BCUT2D eigenvalue weighted by atomic mass is 10.1. The number of carbonyl (C=O) groups excluding carboxylic acids is 1.